The van der Waals surface area contributed by atoms with Crippen LogP contribution in [0.5, 0.6) is 0 Å². The molecule has 1 atom stereocenters. The minimum atomic E-state index is -0.185. The van der Waals surface area contributed by atoms with Crippen LogP contribution in [0.4, 0.5) is 5.69 Å². The molecule has 0 fully saturated rings. The second kappa shape index (κ2) is 6.29. The summed E-state index contributed by atoms with van der Waals surface area (Å²) >= 11 is 12.1. The normalized spacial score (nSPS) is 12.0. The van der Waals surface area contributed by atoms with Crippen LogP contribution in [0.15, 0.2) is 42.5 Å². The van der Waals surface area contributed by atoms with Crippen LogP contribution >= 0.6 is 23.2 Å². The van der Waals surface area contributed by atoms with E-state index in [1.165, 1.54) is 0 Å². The number of benzene rings is 2. The molecule has 0 spiro atoms. The molecule has 0 bridgehead atoms. The van der Waals surface area contributed by atoms with E-state index in [1.54, 1.807) is 12.1 Å². The van der Waals surface area contributed by atoms with Gasteiger partial charge in [-0.2, -0.15) is 0 Å². The Bertz CT molecular complexity index is 638. The number of carbonyl (C=O) groups is 1. The minimum absolute atomic E-state index is 0.174. The van der Waals surface area contributed by atoms with E-state index < -0.39 is 0 Å². The maximum atomic E-state index is 12.3. The molecular formula is C16H15Cl2NO. The number of alkyl halides is 1. The number of hydrogen-bond donors (Lipinski definition) is 1. The van der Waals surface area contributed by atoms with E-state index in [1.807, 2.05) is 44.2 Å². The summed E-state index contributed by atoms with van der Waals surface area (Å²) in [6.45, 7) is 3.75. The zero-order valence-electron chi connectivity index (χ0n) is 11.3. The van der Waals surface area contributed by atoms with Crippen molar-refractivity contribution in [2.75, 3.05) is 5.32 Å². The third-order valence-electron chi connectivity index (χ3n) is 3.08. The van der Waals surface area contributed by atoms with Gasteiger partial charge in [0.1, 0.15) is 0 Å². The number of anilines is 1. The molecule has 1 N–H and O–H groups in total. The smallest absolute Gasteiger partial charge is 0.255 e. The second-order valence-corrected chi connectivity index (χ2v) is 5.71. The Morgan fingerprint density at radius 3 is 2.60 bits per heavy atom. The van der Waals surface area contributed by atoms with Crippen LogP contribution in [0, 0.1) is 6.92 Å². The summed E-state index contributed by atoms with van der Waals surface area (Å²) in [7, 11) is 0. The highest BCUT2D eigenvalue weighted by Gasteiger charge is 2.13. The molecule has 104 valence electrons. The number of hydrogen-bond acceptors (Lipinski definition) is 1. The van der Waals surface area contributed by atoms with Crippen LogP contribution in [0.25, 0.3) is 0 Å². The summed E-state index contributed by atoms with van der Waals surface area (Å²) in [6, 6.07) is 12.8. The monoisotopic (exact) mass is 307 g/mol. The second-order valence-electron chi connectivity index (χ2n) is 4.62. The van der Waals surface area contributed by atoms with Crippen molar-refractivity contribution >= 4 is 34.8 Å². The Morgan fingerprint density at radius 1 is 1.20 bits per heavy atom. The Kier molecular flexibility index (Phi) is 4.69. The molecular weight excluding hydrogens is 293 g/mol. The lowest BCUT2D eigenvalue weighted by Gasteiger charge is -2.13. The zero-order chi connectivity index (χ0) is 14.7. The predicted molar refractivity (Wildman–Crippen MR) is 84.9 cm³/mol. The Morgan fingerprint density at radius 2 is 1.90 bits per heavy atom. The summed E-state index contributed by atoms with van der Waals surface area (Å²) in [5.74, 6) is -0.185. The quantitative estimate of drug-likeness (QED) is 0.776. The molecule has 4 heteroatoms. The first-order chi connectivity index (χ1) is 9.49. The molecule has 2 nitrogen and oxygen atoms in total. The fourth-order valence-electron chi connectivity index (χ4n) is 1.99. The van der Waals surface area contributed by atoms with Gasteiger partial charge in [0.05, 0.1) is 5.38 Å². The fourth-order valence-corrected chi connectivity index (χ4v) is 2.35. The Hall–Kier alpha value is -1.51. The highest BCUT2D eigenvalue weighted by Crippen LogP contribution is 2.27. The van der Waals surface area contributed by atoms with Gasteiger partial charge in [-0.15, -0.1) is 11.6 Å². The van der Waals surface area contributed by atoms with E-state index in [2.05, 4.69) is 5.32 Å². The van der Waals surface area contributed by atoms with Crippen LogP contribution in [-0.2, 0) is 0 Å². The van der Waals surface area contributed by atoms with E-state index in [0.717, 1.165) is 16.8 Å². The average molecular weight is 308 g/mol. The van der Waals surface area contributed by atoms with Gasteiger partial charge < -0.3 is 5.32 Å². The molecule has 0 aliphatic carbocycles. The minimum Gasteiger partial charge on any atom is -0.322 e. The van der Waals surface area contributed by atoms with Crippen LogP contribution in [0.3, 0.4) is 0 Å². The highest BCUT2D eigenvalue weighted by atomic mass is 35.5. The third-order valence-corrected chi connectivity index (χ3v) is 3.55. The lowest BCUT2D eigenvalue weighted by molar-refractivity contribution is 0.102. The average Bonchev–Trinajstić information content (AvgIpc) is 2.41. The molecule has 0 aromatic heterocycles. The van der Waals surface area contributed by atoms with Gasteiger partial charge in [-0.25, -0.2) is 0 Å². The summed E-state index contributed by atoms with van der Waals surface area (Å²) in [6.07, 6.45) is 0. The van der Waals surface area contributed by atoms with Crippen LogP contribution in [0.2, 0.25) is 5.02 Å². The number of carbonyl (C=O) groups excluding carboxylic acids is 1. The molecule has 20 heavy (non-hydrogen) atoms. The molecule has 1 amide bonds. The van der Waals surface area contributed by atoms with E-state index in [4.69, 9.17) is 23.2 Å². The van der Waals surface area contributed by atoms with E-state index in [9.17, 15) is 4.79 Å². The van der Waals surface area contributed by atoms with Crippen LogP contribution < -0.4 is 5.32 Å². The first-order valence-electron chi connectivity index (χ1n) is 6.29. The van der Waals surface area contributed by atoms with Crippen molar-refractivity contribution in [3.05, 3.63) is 64.2 Å². The van der Waals surface area contributed by atoms with Gasteiger partial charge in [-0.1, -0.05) is 35.9 Å². The lowest BCUT2D eigenvalue weighted by atomic mass is 10.1. The molecule has 0 aliphatic rings. The molecule has 1 unspecified atom stereocenters. The third kappa shape index (κ3) is 3.33. The van der Waals surface area contributed by atoms with Crippen molar-refractivity contribution in [2.45, 2.75) is 19.2 Å². The van der Waals surface area contributed by atoms with Gasteiger partial charge >= 0.3 is 0 Å². The number of halogens is 2. The molecule has 0 radical (unpaired) electrons. The van der Waals surface area contributed by atoms with Gasteiger partial charge in [0.25, 0.3) is 5.91 Å². The van der Waals surface area contributed by atoms with Gasteiger partial charge in [-0.3, -0.25) is 4.79 Å². The zero-order valence-corrected chi connectivity index (χ0v) is 12.8. The summed E-state index contributed by atoms with van der Waals surface area (Å²) in [5.41, 5.74) is 3.06. The molecule has 2 rings (SSSR count). The van der Waals surface area contributed by atoms with Crippen molar-refractivity contribution in [1.82, 2.24) is 0 Å². The molecule has 0 saturated carbocycles. The SMILES string of the molecule is Cc1ccc(Cl)cc1C(=O)Nc1ccccc1C(C)Cl. The maximum Gasteiger partial charge on any atom is 0.255 e. The summed E-state index contributed by atoms with van der Waals surface area (Å²) < 4.78 is 0. The molecule has 0 aliphatic heterocycles. The van der Waals surface area contributed by atoms with Gasteiger partial charge in [0.15, 0.2) is 0 Å². The molecule has 2 aromatic carbocycles. The van der Waals surface area contributed by atoms with Crippen molar-refractivity contribution in [3.63, 3.8) is 0 Å². The van der Waals surface area contributed by atoms with E-state index in [0.29, 0.717) is 10.6 Å². The maximum absolute atomic E-state index is 12.3. The number of aryl methyl sites for hydroxylation is 1. The van der Waals surface area contributed by atoms with Crippen molar-refractivity contribution in [1.29, 1.82) is 0 Å². The molecule has 0 heterocycles. The van der Waals surface area contributed by atoms with Crippen molar-refractivity contribution in [2.24, 2.45) is 0 Å². The van der Waals surface area contributed by atoms with Gasteiger partial charge in [-0.05, 0) is 43.2 Å². The summed E-state index contributed by atoms with van der Waals surface area (Å²) in [5, 5.41) is 3.26. The van der Waals surface area contributed by atoms with E-state index in [-0.39, 0.29) is 11.3 Å². The lowest BCUT2D eigenvalue weighted by Crippen LogP contribution is -2.14. The van der Waals surface area contributed by atoms with Gasteiger partial charge in [0.2, 0.25) is 0 Å². The van der Waals surface area contributed by atoms with Crippen LogP contribution in [-0.4, -0.2) is 5.91 Å². The highest BCUT2D eigenvalue weighted by molar-refractivity contribution is 6.31. The van der Waals surface area contributed by atoms with Gasteiger partial charge in [0, 0.05) is 16.3 Å². The van der Waals surface area contributed by atoms with Crippen molar-refractivity contribution < 1.29 is 4.79 Å². The number of rotatable bonds is 3. The number of para-hydroxylation sites is 1. The number of nitrogens with one attached hydrogen (secondary N) is 1. The van der Waals surface area contributed by atoms with E-state index >= 15 is 0 Å². The largest absolute Gasteiger partial charge is 0.322 e. The molecule has 0 saturated heterocycles. The first kappa shape index (κ1) is 14.9. The molecule has 2 aromatic rings. The fraction of sp³-hybridized carbons (Fsp3) is 0.188. The Labute approximate surface area is 128 Å². The standard InChI is InChI=1S/C16H15Cl2NO/c1-10-7-8-12(18)9-14(10)16(20)19-15-6-4-3-5-13(15)11(2)17/h3-9,11H,1-2H3,(H,19,20). The topological polar surface area (TPSA) is 29.1 Å². The Balaban J connectivity index is 2.31. The van der Waals surface area contributed by atoms with Crippen molar-refractivity contribution in [3.8, 4) is 0 Å². The summed E-state index contributed by atoms with van der Waals surface area (Å²) in [4.78, 5) is 12.3. The number of amides is 1. The predicted octanol–water partition coefficient (Wildman–Crippen LogP) is 5.20. The first-order valence-corrected chi connectivity index (χ1v) is 7.11. The van der Waals surface area contributed by atoms with Crippen LogP contribution in [0.1, 0.15) is 33.8 Å².